The lowest BCUT2D eigenvalue weighted by Crippen LogP contribution is -2.30. The van der Waals surface area contributed by atoms with E-state index in [4.69, 9.17) is 37.0 Å². The highest BCUT2D eigenvalue weighted by molar-refractivity contribution is 7.47. The number of aliphatic hydroxyl groups excluding tert-OH is 1. The number of hydrogen-bond acceptors (Lipinski definition) is 15. The normalized spacial score (nSPS) is 15.3. The van der Waals surface area contributed by atoms with E-state index >= 15 is 0 Å². The van der Waals surface area contributed by atoms with Crippen LogP contribution in [0.1, 0.15) is 331 Å². The summed E-state index contributed by atoms with van der Waals surface area (Å²) in [5.74, 6) is 0.832. The number of unbranched alkanes of at least 4 members (excludes halogenated alkanes) is 28. The third kappa shape index (κ3) is 58.9. The molecule has 0 amide bonds. The molecular weight excluding hydrogens is 1150 g/mol. The van der Waals surface area contributed by atoms with Gasteiger partial charge in [-0.25, -0.2) is 9.13 Å². The summed E-state index contributed by atoms with van der Waals surface area (Å²) in [5.41, 5.74) is 0. The predicted molar refractivity (Wildman–Crippen MR) is 349 cm³/mol. The first-order valence-electron chi connectivity index (χ1n) is 35.3. The van der Waals surface area contributed by atoms with Gasteiger partial charge >= 0.3 is 39.5 Å². The molecule has 0 bridgehead atoms. The summed E-state index contributed by atoms with van der Waals surface area (Å²) in [6.07, 6.45) is 39.1. The molecule has 0 aliphatic carbocycles. The Morgan fingerprint density at radius 3 is 0.816 bits per heavy atom. The smallest absolute Gasteiger partial charge is 0.462 e. The van der Waals surface area contributed by atoms with Gasteiger partial charge in [0.2, 0.25) is 0 Å². The van der Waals surface area contributed by atoms with Crippen molar-refractivity contribution >= 4 is 39.5 Å². The van der Waals surface area contributed by atoms with Gasteiger partial charge < -0.3 is 33.8 Å². The molecule has 0 aliphatic rings. The van der Waals surface area contributed by atoms with Crippen LogP contribution in [-0.2, 0) is 65.4 Å². The summed E-state index contributed by atoms with van der Waals surface area (Å²) in [6.45, 7) is 14.0. The maximum Gasteiger partial charge on any atom is 0.472 e. The second-order valence-electron chi connectivity index (χ2n) is 25.8. The summed E-state index contributed by atoms with van der Waals surface area (Å²) in [5, 5.41) is 10.6. The average Bonchev–Trinajstić information content (AvgIpc) is 3.62. The van der Waals surface area contributed by atoms with Crippen LogP contribution < -0.4 is 0 Å². The zero-order valence-corrected chi connectivity index (χ0v) is 58.4. The van der Waals surface area contributed by atoms with Crippen molar-refractivity contribution in [2.24, 2.45) is 23.7 Å². The molecule has 516 valence electrons. The standard InChI is InChI=1S/C68H132O17P2/c1-9-59(6)45-37-29-22-25-33-41-49-66(71)79-55-64(85-68(73)51-43-35-27-24-31-39-47-61(8)11-3)57-83-87(76,77)81-53-62(69)52-80-86(74,75)82-56-63(84-67(72)50-42-34-26-23-30-38-46-60(7)10-2)54-78-65(70)48-40-32-21-19-17-15-13-12-14-16-18-20-28-36-44-58(4)5/h58-64,69H,9-57H2,1-8H3,(H,74,75)(H,76,77)/t59?,60?,61?,62-,63-,64-/m1/s1. The number of carbonyl (C=O) groups is 4. The molecule has 0 spiro atoms. The van der Waals surface area contributed by atoms with Crippen LogP contribution in [0.15, 0.2) is 0 Å². The Labute approximate surface area is 530 Å². The van der Waals surface area contributed by atoms with Gasteiger partial charge in [0.15, 0.2) is 12.2 Å². The molecule has 0 aromatic carbocycles. The van der Waals surface area contributed by atoms with Crippen LogP contribution in [-0.4, -0.2) is 96.7 Å². The van der Waals surface area contributed by atoms with E-state index in [0.29, 0.717) is 25.7 Å². The first-order valence-corrected chi connectivity index (χ1v) is 38.3. The van der Waals surface area contributed by atoms with Gasteiger partial charge in [-0.3, -0.25) is 37.3 Å². The van der Waals surface area contributed by atoms with Crippen molar-refractivity contribution in [3.8, 4) is 0 Å². The monoisotopic (exact) mass is 1280 g/mol. The lowest BCUT2D eigenvalue weighted by Gasteiger charge is -2.21. The van der Waals surface area contributed by atoms with E-state index < -0.39 is 97.5 Å². The number of aliphatic hydroxyl groups is 1. The number of phosphoric ester groups is 2. The molecule has 3 N–H and O–H groups in total. The number of esters is 4. The topological polar surface area (TPSA) is 237 Å². The summed E-state index contributed by atoms with van der Waals surface area (Å²) >= 11 is 0. The Kier molecular flexibility index (Phi) is 56.6. The minimum absolute atomic E-state index is 0.101. The number of ether oxygens (including phenoxy) is 4. The Morgan fingerprint density at radius 2 is 0.552 bits per heavy atom. The molecule has 87 heavy (non-hydrogen) atoms. The van der Waals surface area contributed by atoms with E-state index in [9.17, 15) is 43.2 Å². The Bertz CT molecular complexity index is 1740. The van der Waals surface area contributed by atoms with Crippen molar-refractivity contribution in [2.45, 2.75) is 350 Å². The first-order chi connectivity index (χ1) is 41.7. The van der Waals surface area contributed by atoms with E-state index in [2.05, 4.69) is 55.4 Å². The minimum Gasteiger partial charge on any atom is -0.462 e. The number of hydrogen-bond donors (Lipinski definition) is 3. The molecule has 5 unspecified atom stereocenters. The van der Waals surface area contributed by atoms with Crippen LogP contribution in [0.3, 0.4) is 0 Å². The highest BCUT2D eigenvalue weighted by Crippen LogP contribution is 2.45. The van der Waals surface area contributed by atoms with E-state index in [-0.39, 0.29) is 25.7 Å². The Balaban J connectivity index is 5.21. The lowest BCUT2D eigenvalue weighted by atomic mass is 10.00. The molecule has 0 rings (SSSR count). The number of phosphoric acid groups is 2. The summed E-state index contributed by atoms with van der Waals surface area (Å²) < 4.78 is 68.1. The lowest BCUT2D eigenvalue weighted by molar-refractivity contribution is -0.161. The van der Waals surface area contributed by atoms with Gasteiger partial charge in [-0.05, 0) is 49.4 Å². The first kappa shape index (κ1) is 85.1. The fourth-order valence-electron chi connectivity index (χ4n) is 10.0. The molecule has 0 fully saturated rings. The fourth-order valence-corrected chi connectivity index (χ4v) is 11.6. The zero-order valence-electron chi connectivity index (χ0n) is 56.6. The third-order valence-electron chi connectivity index (χ3n) is 16.7. The van der Waals surface area contributed by atoms with Crippen LogP contribution in [0.4, 0.5) is 0 Å². The van der Waals surface area contributed by atoms with Gasteiger partial charge in [-0.15, -0.1) is 0 Å². The maximum absolute atomic E-state index is 13.0. The minimum atomic E-state index is -4.95. The van der Waals surface area contributed by atoms with Gasteiger partial charge in [0, 0.05) is 25.7 Å². The Hall–Kier alpha value is -1.94. The largest absolute Gasteiger partial charge is 0.472 e. The maximum atomic E-state index is 13.0. The van der Waals surface area contributed by atoms with Crippen molar-refractivity contribution in [1.82, 2.24) is 0 Å². The SMILES string of the molecule is CCC(C)CCCCCCCCC(=O)OC[C@H](COP(=O)(O)OC[C@H](O)COP(=O)(O)OC[C@@H](COC(=O)CCCCCCCCCCCCCCCCC(C)C)OC(=O)CCCCCCCCC(C)CC)OC(=O)CCCCCCCCC(C)CC. The van der Waals surface area contributed by atoms with Crippen molar-refractivity contribution < 1.29 is 80.2 Å². The second-order valence-corrected chi connectivity index (χ2v) is 28.7. The molecule has 19 heteroatoms. The van der Waals surface area contributed by atoms with Crippen LogP contribution in [0.2, 0.25) is 0 Å². The summed E-state index contributed by atoms with van der Waals surface area (Å²) in [6, 6.07) is 0. The number of rotatable bonds is 65. The highest BCUT2D eigenvalue weighted by atomic mass is 31.2. The second kappa shape index (κ2) is 57.9. The molecule has 8 atom stereocenters. The molecule has 0 aliphatic heterocycles. The molecule has 0 radical (unpaired) electrons. The van der Waals surface area contributed by atoms with Crippen molar-refractivity contribution in [3.63, 3.8) is 0 Å². The van der Waals surface area contributed by atoms with Gasteiger partial charge in [-0.2, -0.15) is 0 Å². The molecular formula is C68H132O17P2. The Morgan fingerprint density at radius 1 is 0.322 bits per heavy atom. The average molecular weight is 1280 g/mol. The van der Waals surface area contributed by atoms with Gasteiger partial charge in [0.05, 0.1) is 26.4 Å². The predicted octanol–water partition coefficient (Wildman–Crippen LogP) is 18.9. The third-order valence-corrected chi connectivity index (χ3v) is 18.6. The molecule has 17 nitrogen and oxygen atoms in total. The van der Waals surface area contributed by atoms with E-state index in [1.54, 1.807) is 0 Å². The summed E-state index contributed by atoms with van der Waals surface area (Å²) in [7, 11) is -9.90. The van der Waals surface area contributed by atoms with Crippen LogP contribution in [0, 0.1) is 23.7 Å². The summed E-state index contributed by atoms with van der Waals surface area (Å²) in [4.78, 5) is 72.4. The van der Waals surface area contributed by atoms with Crippen molar-refractivity contribution in [1.29, 1.82) is 0 Å². The van der Waals surface area contributed by atoms with Gasteiger partial charge in [-0.1, -0.05) is 280 Å². The fraction of sp³-hybridized carbons (Fsp3) is 0.941. The number of carbonyl (C=O) groups excluding carboxylic acids is 4. The van der Waals surface area contributed by atoms with Crippen LogP contribution in [0.25, 0.3) is 0 Å². The van der Waals surface area contributed by atoms with Crippen LogP contribution in [0.5, 0.6) is 0 Å². The highest BCUT2D eigenvalue weighted by Gasteiger charge is 2.30. The molecule has 0 aromatic rings. The zero-order chi connectivity index (χ0) is 64.7. The molecule has 0 saturated carbocycles. The van der Waals surface area contributed by atoms with Crippen LogP contribution >= 0.6 is 15.6 Å². The molecule has 0 saturated heterocycles. The molecule has 0 aromatic heterocycles. The molecule has 0 heterocycles. The van der Waals surface area contributed by atoms with E-state index in [1.807, 2.05) is 0 Å². The van der Waals surface area contributed by atoms with Crippen molar-refractivity contribution in [2.75, 3.05) is 39.6 Å². The van der Waals surface area contributed by atoms with E-state index in [1.165, 1.54) is 128 Å². The quantitative estimate of drug-likeness (QED) is 0.0222. The van der Waals surface area contributed by atoms with E-state index in [0.717, 1.165) is 120 Å². The van der Waals surface area contributed by atoms with Crippen molar-refractivity contribution in [3.05, 3.63) is 0 Å². The van der Waals surface area contributed by atoms with Gasteiger partial charge in [0.25, 0.3) is 0 Å². The van der Waals surface area contributed by atoms with Gasteiger partial charge in [0.1, 0.15) is 19.3 Å².